The van der Waals surface area contributed by atoms with Crippen molar-refractivity contribution in [1.29, 1.82) is 0 Å². The van der Waals surface area contributed by atoms with E-state index < -0.39 is 0 Å². The predicted octanol–water partition coefficient (Wildman–Crippen LogP) is 3.93. The number of nitrogens with one attached hydrogen (secondary N) is 2. The largest absolute Gasteiger partial charge is 0.460 e. The minimum absolute atomic E-state index is 0.108. The Kier molecular flexibility index (Phi) is 4.43. The van der Waals surface area contributed by atoms with Gasteiger partial charge in [0.25, 0.3) is 5.56 Å². The van der Waals surface area contributed by atoms with E-state index >= 15 is 0 Å². The first-order valence-corrected chi connectivity index (χ1v) is 10.1. The molecule has 4 aromatic rings. The van der Waals surface area contributed by atoms with Crippen molar-refractivity contribution in [3.63, 3.8) is 0 Å². The lowest BCUT2D eigenvalue weighted by molar-refractivity contribution is -0.122. The second-order valence-electron chi connectivity index (χ2n) is 7.69. The maximum absolute atomic E-state index is 12.3. The Balaban J connectivity index is 1.58. The lowest BCUT2D eigenvalue weighted by Gasteiger charge is -2.07. The molecular formula is C24H22N2O3. The van der Waals surface area contributed by atoms with E-state index in [0.717, 1.165) is 46.1 Å². The van der Waals surface area contributed by atoms with Gasteiger partial charge in [0.15, 0.2) is 0 Å². The first-order chi connectivity index (χ1) is 14.2. The monoisotopic (exact) mass is 386 g/mol. The molecule has 1 aliphatic rings. The summed E-state index contributed by atoms with van der Waals surface area (Å²) in [5.41, 5.74) is 2.90. The zero-order valence-electron chi connectivity index (χ0n) is 16.0. The number of carbonyl (C=O) groups is 1. The molecule has 5 nitrogen and oxygen atoms in total. The van der Waals surface area contributed by atoms with Gasteiger partial charge in [0.2, 0.25) is 5.91 Å². The zero-order valence-corrected chi connectivity index (χ0v) is 16.0. The summed E-state index contributed by atoms with van der Waals surface area (Å²) in [5, 5.41) is 5.56. The Labute approximate surface area is 167 Å². The standard InChI is InChI=1S/C24H22N2O3/c27-23(16-6-7-16)25-13-11-19-21(14-15-4-2-1-3-5-15)29-20-9-8-18-17(22(19)20)10-12-26-24(18)28/h1-5,8-10,12,16H,6-7,11,13-14H2,(H,25,27)(H,26,28). The zero-order chi connectivity index (χ0) is 19.8. The average molecular weight is 386 g/mol. The van der Waals surface area contributed by atoms with Gasteiger partial charge in [-0.1, -0.05) is 30.3 Å². The minimum Gasteiger partial charge on any atom is -0.460 e. The maximum Gasteiger partial charge on any atom is 0.255 e. The number of benzene rings is 2. The first kappa shape index (κ1) is 17.7. The second kappa shape index (κ2) is 7.24. The molecule has 2 aromatic carbocycles. The number of furan rings is 1. The fraction of sp³-hybridized carbons (Fsp3) is 0.250. The van der Waals surface area contributed by atoms with Crippen molar-refractivity contribution in [3.8, 4) is 0 Å². The van der Waals surface area contributed by atoms with Crippen LogP contribution in [0.2, 0.25) is 0 Å². The summed E-state index contributed by atoms with van der Waals surface area (Å²) in [5.74, 6) is 1.22. The van der Waals surface area contributed by atoms with Gasteiger partial charge >= 0.3 is 0 Å². The van der Waals surface area contributed by atoms with E-state index in [1.807, 2.05) is 36.4 Å². The van der Waals surface area contributed by atoms with Crippen LogP contribution in [0.5, 0.6) is 0 Å². The molecule has 5 rings (SSSR count). The predicted molar refractivity (Wildman–Crippen MR) is 113 cm³/mol. The summed E-state index contributed by atoms with van der Waals surface area (Å²) in [6.07, 6.45) is 5.00. The van der Waals surface area contributed by atoms with E-state index in [0.29, 0.717) is 24.8 Å². The molecule has 1 amide bonds. The number of aromatic amines is 1. The minimum atomic E-state index is -0.108. The highest BCUT2D eigenvalue weighted by Crippen LogP contribution is 2.33. The van der Waals surface area contributed by atoms with Crippen molar-refractivity contribution in [2.45, 2.75) is 25.7 Å². The van der Waals surface area contributed by atoms with Gasteiger partial charge in [0, 0.05) is 41.4 Å². The number of carbonyl (C=O) groups excluding carboxylic acids is 1. The molecule has 0 spiro atoms. The normalized spacial score (nSPS) is 13.8. The van der Waals surface area contributed by atoms with Gasteiger partial charge in [-0.2, -0.15) is 0 Å². The third-order valence-electron chi connectivity index (χ3n) is 5.62. The van der Waals surface area contributed by atoms with Crippen LogP contribution in [0.1, 0.15) is 29.7 Å². The van der Waals surface area contributed by atoms with Gasteiger partial charge in [0.05, 0.1) is 0 Å². The highest BCUT2D eigenvalue weighted by Gasteiger charge is 2.29. The Morgan fingerprint density at radius 1 is 1.07 bits per heavy atom. The highest BCUT2D eigenvalue weighted by molar-refractivity contribution is 6.07. The first-order valence-electron chi connectivity index (χ1n) is 10.1. The molecule has 2 aromatic heterocycles. The van der Waals surface area contributed by atoms with Crippen molar-refractivity contribution in [2.24, 2.45) is 5.92 Å². The van der Waals surface area contributed by atoms with Crippen LogP contribution in [0, 0.1) is 5.92 Å². The summed E-state index contributed by atoms with van der Waals surface area (Å²) in [7, 11) is 0. The fourth-order valence-corrected chi connectivity index (χ4v) is 3.97. The van der Waals surface area contributed by atoms with Gasteiger partial charge < -0.3 is 14.7 Å². The number of hydrogen-bond donors (Lipinski definition) is 2. The Morgan fingerprint density at radius 2 is 1.90 bits per heavy atom. The van der Waals surface area contributed by atoms with E-state index in [1.54, 1.807) is 6.20 Å². The van der Waals surface area contributed by atoms with Crippen LogP contribution in [-0.2, 0) is 17.6 Å². The molecular weight excluding hydrogens is 364 g/mol. The van der Waals surface area contributed by atoms with Crippen molar-refractivity contribution in [2.75, 3.05) is 6.54 Å². The van der Waals surface area contributed by atoms with Crippen LogP contribution < -0.4 is 10.9 Å². The summed E-state index contributed by atoms with van der Waals surface area (Å²) in [6, 6.07) is 15.8. The van der Waals surface area contributed by atoms with Crippen LogP contribution in [0.25, 0.3) is 21.7 Å². The van der Waals surface area contributed by atoms with Crippen LogP contribution in [-0.4, -0.2) is 17.4 Å². The van der Waals surface area contributed by atoms with Crippen LogP contribution in [0.4, 0.5) is 0 Å². The van der Waals surface area contributed by atoms with Gasteiger partial charge in [-0.25, -0.2) is 0 Å². The summed E-state index contributed by atoms with van der Waals surface area (Å²) in [6.45, 7) is 0.561. The molecule has 0 bridgehead atoms. The number of fused-ring (bicyclic) bond motifs is 3. The molecule has 0 atom stereocenters. The molecule has 1 saturated carbocycles. The SMILES string of the molecule is O=C(NCCc1c(Cc2ccccc2)oc2ccc3c(=O)[nH]ccc3c12)C1CC1. The van der Waals surface area contributed by atoms with Crippen molar-refractivity contribution in [1.82, 2.24) is 10.3 Å². The highest BCUT2D eigenvalue weighted by atomic mass is 16.3. The topological polar surface area (TPSA) is 75.1 Å². The van der Waals surface area contributed by atoms with E-state index in [-0.39, 0.29) is 17.4 Å². The Morgan fingerprint density at radius 3 is 2.69 bits per heavy atom. The van der Waals surface area contributed by atoms with Crippen LogP contribution in [0.3, 0.4) is 0 Å². The van der Waals surface area contributed by atoms with E-state index in [2.05, 4.69) is 22.4 Å². The molecule has 0 unspecified atom stereocenters. The molecule has 29 heavy (non-hydrogen) atoms. The summed E-state index contributed by atoms with van der Waals surface area (Å²) < 4.78 is 6.24. The molecule has 0 saturated heterocycles. The van der Waals surface area contributed by atoms with E-state index in [1.165, 1.54) is 0 Å². The second-order valence-corrected chi connectivity index (χ2v) is 7.69. The van der Waals surface area contributed by atoms with E-state index in [9.17, 15) is 9.59 Å². The number of H-pyrrole nitrogens is 1. The molecule has 1 fully saturated rings. The van der Waals surface area contributed by atoms with Crippen LogP contribution in [0.15, 0.2) is 63.9 Å². The fourth-order valence-electron chi connectivity index (χ4n) is 3.97. The number of hydrogen-bond acceptors (Lipinski definition) is 3. The molecule has 2 heterocycles. The summed E-state index contributed by atoms with van der Waals surface area (Å²) >= 11 is 0. The lowest BCUT2D eigenvalue weighted by Crippen LogP contribution is -2.27. The third kappa shape index (κ3) is 3.44. The van der Waals surface area contributed by atoms with E-state index in [4.69, 9.17) is 4.42 Å². The molecule has 1 aliphatic carbocycles. The Hall–Kier alpha value is -3.34. The average Bonchev–Trinajstić information content (AvgIpc) is 3.52. The lowest BCUT2D eigenvalue weighted by atomic mass is 9.99. The molecule has 0 aliphatic heterocycles. The third-order valence-corrected chi connectivity index (χ3v) is 5.62. The van der Waals surface area contributed by atoms with Gasteiger partial charge in [-0.05, 0) is 48.4 Å². The Bertz CT molecular complexity index is 1250. The maximum atomic E-state index is 12.3. The van der Waals surface area contributed by atoms with Crippen molar-refractivity contribution in [3.05, 3.63) is 82.0 Å². The number of rotatable bonds is 6. The van der Waals surface area contributed by atoms with Crippen molar-refractivity contribution >= 4 is 27.6 Å². The molecule has 0 radical (unpaired) electrons. The van der Waals surface area contributed by atoms with Gasteiger partial charge in [-0.15, -0.1) is 0 Å². The quantitative estimate of drug-likeness (QED) is 0.527. The summed E-state index contributed by atoms with van der Waals surface area (Å²) in [4.78, 5) is 27.1. The van der Waals surface area contributed by atoms with Gasteiger partial charge in [0.1, 0.15) is 11.3 Å². The van der Waals surface area contributed by atoms with Crippen LogP contribution >= 0.6 is 0 Å². The smallest absolute Gasteiger partial charge is 0.255 e. The molecule has 2 N–H and O–H groups in total. The molecule has 5 heteroatoms. The number of amides is 1. The van der Waals surface area contributed by atoms with Crippen molar-refractivity contribution < 1.29 is 9.21 Å². The molecule has 146 valence electrons. The number of aromatic nitrogens is 1. The van der Waals surface area contributed by atoms with Gasteiger partial charge in [-0.3, -0.25) is 9.59 Å². The number of pyridine rings is 1.